The molecule has 4 saturated carbocycles. The Morgan fingerprint density at radius 1 is 1.06 bits per heavy atom. The number of hydrogen-bond donors (Lipinski definition) is 3. The van der Waals surface area contributed by atoms with Crippen molar-refractivity contribution in [2.45, 2.75) is 124 Å². The van der Waals surface area contributed by atoms with Crippen LogP contribution in [-0.2, 0) is 14.3 Å². The van der Waals surface area contributed by atoms with Gasteiger partial charge in [-0.05, 0) is 118 Å². The second kappa shape index (κ2) is 9.87. The van der Waals surface area contributed by atoms with E-state index < -0.39 is 23.6 Å². The van der Waals surface area contributed by atoms with Gasteiger partial charge in [0, 0.05) is 6.42 Å². The third kappa shape index (κ3) is 4.52. The second-order valence-electron chi connectivity index (χ2n) is 14.0. The molecular formula is C30H50O6. The molecule has 0 heterocycles. The van der Waals surface area contributed by atoms with Crippen LogP contribution in [0.25, 0.3) is 0 Å². The molecule has 0 bridgehead atoms. The van der Waals surface area contributed by atoms with E-state index >= 15 is 0 Å². The molecule has 0 radical (unpaired) electrons. The number of esters is 1. The van der Waals surface area contributed by atoms with Crippen LogP contribution in [0, 0.1) is 51.8 Å². The van der Waals surface area contributed by atoms with Crippen molar-refractivity contribution in [3.05, 3.63) is 0 Å². The van der Waals surface area contributed by atoms with E-state index in [4.69, 9.17) is 4.74 Å². The molecule has 6 nitrogen and oxygen atoms in total. The molecule has 4 aliphatic rings. The number of hydrogen-bond acceptors (Lipinski definition) is 5. The van der Waals surface area contributed by atoms with E-state index in [0.717, 1.165) is 44.9 Å². The first kappa shape index (κ1) is 27.9. The van der Waals surface area contributed by atoms with E-state index in [2.05, 4.69) is 20.8 Å². The van der Waals surface area contributed by atoms with Gasteiger partial charge in [-0.2, -0.15) is 0 Å². The van der Waals surface area contributed by atoms with Crippen molar-refractivity contribution >= 4 is 11.9 Å². The van der Waals surface area contributed by atoms with Gasteiger partial charge in [0.05, 0.1) is 17.6 Å². The molecule has 0 aromatic heterocycles. The summed E-state index contributed by atoms with van der Waals surface area (Å²) < 4.78 is 5.99. The lowest BCUT2D eigenvalue weighted by atomic mass is 9.43. The molecule has 11 atom stereocenters. The summed E-state index contributed by atoms with van der Waals surface area (Å²) in [6.45, 7) is 12.6. The number of rotatable bonds is 7. The highest BCUT2D eigenvalue weighted by atomic mass is 16.5. The predicted octanol–water partition coefficient (Wildman–Crippen LogP) is 5.44. The molecule has 36 heavy (non-hydrogen) atoms. The molecule has 0 spiro atoms. The van der Waals surface area contributed by atoms with Gasteiger partial charge < -0.3 is 20.1 Å². The summed E-state index contributed by atoms with van der Waals surface area (Å²) in [6, 6.07) is 0. The SMILES string of the molecule is CCC(C)(C)C(=O)O[C@@H]1CCC2(C)C(CC(O)C3C2C[C@H](O)C2(C)C(C(C)CCC(=O)O)CCC32)C1. The van der Waals surface area contributed by atoms with Crippen molar-refractivity contribution in [1.29, 1.82) is 0 Å². The van der Waals surface area contributed by atoms with Crippen LogP contribution in [-0.4, -0.2) is 45.6 Å². The van der Waals surface area contributed by atoms with Gasteiger partial charge in [-0.1, -0.05) is 27.7 Å². The van der Waals surface area contributed by atoms with Gasteiger partial charge in [-0.15, -0.1) is 0 Å². The number of ether oxygens (including phenoxy) is 1. The maximum atomic E-state index is 12.7. The van der Waals surface area contributed by atoms with E-state index in [9.17, 15) is 24.9 Å². The molecule has 0 aromatic rings. The molecule has 4 aliphatic carbocycles. The van der Waals surface area contributed by atoms with Crippen molar-refractivity contribution < 1.29 is 29.6 Å². The Labute approximate surface area is 217 Å². The lowest BCUT2D eigenvalue weighted by Crippen LogP contribution is -2.62. The predicted molar refractivity (Wildman–Crippen MR) is 138 cm³/mol. The van der Waals surface area contributed by atoms with Crippen molar-refractivity contribution in [1.82, 2.24) is 0 Å². The Bertz CT molecular complexity index is 839. The summed E-state index contributed by atoms with van der Waals surface area (Å²) in [4.78, 5) is 23.9. The Hall–Kier alpha value is -1.14. The smallest absolute Gasteiger partial charge is 0.311 e. The first-order valence-electron chi connectivity index (χ1n) is 14.5. The Morgan fingerprint density at radius 2 is 1.75 bits per heavy atom. The summed E-state index contributed by atoms with van der Waals surface area (Å²) >= 11 is 0. The average molecular weight is 507 g/mol. The fourth-order valence-corrected chi connectivity index (χ4v) is 9.23. The summed E-state index contributed by atoms with van der Waals surface area (Å²) in [5.74, 6) is 0.630. The largest absolute Gasteiger partial charge is 0.481 e. The minimum absolute atomic E-state index is 0.0302. The highest BCUT2D eigenvalue weighted by Gasteiger charge is 2.65. The van der Waals surface area contributed by atoms with Gasteiger partial charge in [0.2, 0.25) is 0 Å². The van der Waals surface area contributed by atoms with Gasteiger partial charge in [0.1, 0.15) is 6.10 Å². The first-order chi connectivity index (χ1) is 16.8. The third-order valence-electron chi connectivity index (χ3n) is 12.0. The summed E-state index contributed by atoms with van der Waals surface area (Å²) in [5, 5.41) is 32.5. The summed E-state index contributed by atoms with van der Waals surface area (Å²) in [5.41, 5.74) is -0.722. The molecule has 0 saturated heterocycles. The zero-order valence-electron chi connectivity index (χ0n) is 23.3. The Morgan fingerprint density at radius 3 is 2.39 bits per heavy atom. The van der Waals surface area contributed by atoms with Crippen molar-refractivity contribution in [2.24, 2.45) is 51.8 Å². The number of carboxylic acid groups (broad SMARTS) is 1. The van der Waals surface area contributed by atoms with E-state index in [1.165, 1.54) is 0 Å². The number of carbonyl (C=O) groups is 2. The molecular weight excluding hydrogens is 456 g/mol. The van der Waals surface area contributed by atoms with Crippen LogP contribution < -0.4 is 0 Å². The van der Waals surface area contributed by atoms with Crippen molar-refractivity contribution in [2.75, 3.05) is 0 Å². The van der Waals surface area contributed by atoms with Crippen LogP contribution in [0.15, 0.2) is 0 Å². The number of fused-ring (bicyclic) bond motifs is 5. The van der Waals surface area contributed by atoms with Gasteiger partial charge in [-0.25, -0.2) is 0 Å². The van der Waals surface area contributed by atoms with Gasteiger partial charge in [-0.3, -0.25) is 9.59 Å². The van der Waals surface area contributed by atoms with Gasteiger partial charge in [0.25, 0.3) is 0 Å². The van der Waals surface area contributed by atoms with Crippen LogP contribution in [0.5, 0.6) is 0 Å². The molecule has 0 amide bonds. The van der Waals surface area contributed by atoms with Crippen LogP contribution in [0.4, 0.5) is 0 Å². The van der Waals surface area contributed by atoms with Crippen LogP contribution in [0.3, 0.4) is 0 Å². The number of carbonyl (C=O) groups excluding carboxylic acids is 1. The van der Waals surface area contributed by atoms with Gasteiger partial charge in [0.15, 0.2) is 0 Å². The van der Waals surface area contributed by atoms with Crippen LogP contribution in [0.2, 0.25) is 0 Å². The topological polar surface area (TPSA) is 104 Å². The zero-order valence-corrected chi connectivity index (χ0v) is 23.3. The van der Waals surface area contributed by atoms with E-state index in [1.54, 1.807) is 0 Å². The van der Waals surface area contributed by atoms with Crippen molar-refractivity contribution in [3.63, 3.8) is 0 Å². The number of aliphatic hydroxyl groups excluding tert-OH is 2. The third-order valence-corrected chi connectivity index (χ3v) is 12.0. The lowest BCUT2D eigenvalue weighted by molar-refractivity contribution is -0.210. The maximum absolute atomic E-state index is 12.7. The first-order valence-corrected chi connectivity index (χ1v) is 14.5. The minimum atomic E-state index is -0.757. The van der Waals surface area contributed by atoms with Gasteiger partial charge >= 0.3 is 11.9 Å². The van der Waals surface area contributed by atoms with E-state index in [0.29, 0.717) is 12.8 Å². The number of aliphatic carboxylic acids is 1. The van der Waals surface area contributed by atoms with Crippen LogP contribution in [0.1, 0.15) is 106 Å². The second-order valence-corrected chi connectivity index (χ2v) is 14.0. The standard InChI is InChI=1S/C30H50O6/c1-7-28(3,4)27(35)36-19-12-13-29(5)18(14-19)15-23(31)26-21-10-9-20(17(2)8-11-25(33)34)30(21,6)24(32)16-22(26)29/h17-24,26,31-32H,7-16H2,1-6H3,(H,33,34)/t17?,18?,19-,20?,21?,22?,23?,24+,26?,29?,30?/m1/s1. The quantitative estimate of drug-likeness (QED) is 0.398. The Kier molecular flexibility index (Phi) is 7.65. The number of carboxylic acids is 1. The van der Waals surface area contributed by atoms with Crippen molar-refractivity contribution in [3.8, 4) is 0 Å². The molecule has 4 rings (SSSR count). The minimum Gasteiger partial charge on any atom is -0.481 e. The fraction of sp³-hybridized carbons (Fsp3) is 0.933. The Balaban J connectivity index is 1.51. The van der Waals surface area contributed by atoms with E-state index in [1.807, 2.05) is 20.8 Å². The van der Waals surface area contributed by atoms with E-state index in [-0.39, 0.29) is 64.8 Å². The zero-order chi connectivity index (χ0) is 26.6. The fourth-order valence-electron chi connectivity index (χ4n) is 9.23. The monoisotopic (exact) mass is 506 g/mol. The molecule has 0 aromatic carbocycles. The molecule has 0 aliphatic heterocycles. The highest BCUT2D eigenvalue weighted by Crippen LogP contribution is 2.68. The molecule has 206 valence electrons. The highest BCUT2D eigenvalue weighted by molar-refractivity contribution is 5.76. The van der Waals surface area contributed by atoms with Crippen LogP contribution >= 0.6 is 0 Å². The molecule has 3 N–H and O–H groups in total. The molecule has 4 fully saturated rings. The summed E-state index contributed by atoms with van der Waals surface area (Å²) in [7, 11) is 0. The normalized spacial score (nSPS) is 45.2. The summed E-state index contributed by atoms with van der Waals surface area (Å²) in [6.07, 6.45) is 6.69. The maximum Gasteiger partial charge on any atom is 0.311 e. The number of aliphatic hydroxyl groups is 2. The molecule has 9 unspecified atom stereocenters. The lowest BCUT2D eigenvalue weighted by Gasteiger charge is -2.63. The average Bonchev–Trinajstić information content (AvgIpc) is 3.17. The molecule has 6 heteroatoms.